The van der Waals surface area contributed by atoms with Crippen LogP contribution in [0.25, 0.3) is 10.2 Å². The van der Waals surface area contributed by atoms with Crippen LogP contribution in [0.5, 0.6) is 0 Å². The topological polar surface area (TPSA) is 70.6 Å². The molecule has 1 amide bonds. The number of halogens is 1. The van der Waals surface area contributed by atoms with E-state index < -0.39 is 9.84 Å². The molecule has 3 aromatic rings. The number of thioether (sulfide) groups is 1. The summed E-state index contributed by atoms with van der Waals surface area (Å²) in [7, 11) is -3.33. The van der Waals surface area contributed by atoms with Gasteiger partial charge in [-0.15, -0.1) is 11.8 Å². The Labute approximate surface area is 201 Å². The summed E-state index contributed by atoms with van der Waals surface area (Å²) in [6, 6.07) is 13.0. The van der Waals surface area contributed by atoms with Gasteiger partial charge in [-0.1, -0.05) is 29.0 Å². The number of benzene rings is 2. The summed E-state index contributed by atoms with van der Waals surface area (Å²) in [5.74, 6) is 1.08. The average molecular weight is 510 g/mol. The SMILES string of the molecule is CS(=O)(=O)c1cccc2sc(N3CCN(C(=O)CCCSc4ccc(Cl)cc4)CC3)nc12. The first-order valence-electron chi connectivity index (χ1n) is 10.3. The number of para-hydroxylation sites is 1. The van der Waals surface area contributed by atoms with Gasteiger partial charge in [0, 0.05) is 48.8 Å². The van der Waals surface area contributed by atoms with Gasteiger partial charge in [-0.3, -0.25) is 4.79 Å². The zero-order valence-corrected chi connectivity index (χ0v) is 20.9. The lowest BCUT2D eigenvalue weighted by Crippen LogP contribution is -2.48. The minimum absolute atomic E-state index is 0.185. The molecule has 170 valence electrons. The van der Waals surface area contributed by atoms with E-state index in [1.165, 1.54) is 17.6 Å². The first-order valence-corrected chi connectivity index (χ1v) is 14.4. The van der Waals surface area contributed by atoms with E-state index in [1.54, 1.807) is 23.9 Å². The molecule has 2 aromatic carbocycles. The fourth-order valence-electron chi connectivity index (χ4n) is 3.60. The number of amides is 1. The zero-order valence-electron chi connectivity index (χ0n) is 17.7. The van der Waals surface area contributed by atoms with Gasteiger partial charge < -0.3 is 9.80 Å². The Morgan fingerprint density at radius 1 is 1.12 bits per heavy atom. The quantitative estimate of drug-likeness (QED) is 0.343. The van der Waals surface area contributed by atoms with Gasteiger partial charge in [0.05, 0.1) is 9.60 Å². The summed E-state index contributed by atoms with van der Waals surface area (Å²) >= 11 is 9.13. The number of aromatic nitrogens is 1. The lowest BCUT2D eigenvalue weighted by atomic mass is 10.2. The van der Waals surface area contributed by atoms with Crippen molar-refractivity contribution in [2.24, 2.45) is 0 Å². The molecule has 0 atom stereocenters. The second kappa shape index (κ2) is 9.99. The van der Waals surface area contributed by atoms with Gasteiger partial charge in [-0.25, -0.2) is 13.4 Å². The second-order valence-electron chi connectivity index (χ2n) is 7.65. The zero-order chi connectivity index (χ0) is 22.7. The minimum Gasteiger partial charge on any atom is -0.345 e. The molecular formula is C22H24ClN3O3S3. The molecule has 4 rings (SSSR count). The molecule has 6 nitrogen and oxygen atoms in total. The number of anilines is 1. The summed E-state index contributed by atoms with van der Waals surface area (Å²) in [4.78, 5) is 22.7. The van der Waals surface area contributed by atoms with Crippen LogP contribution >= 0.6 is 34.7 Å². The summed E-state index contributed by atoms with van der Waals surface area (Å²) in [6.07, 6.45) is 2.58. The summed E-state index contributed by atoms with van der Waals surface area (Å²) < 4.78 is 25.0. The molecule has 0 spiro atoms. The molecule has 0 radical (unpaired) electrons. The highest BCUT2D eigenvalue weighted by Gasteiger charge is 2.24. The molecule has 1 aliphatic rings. The van der Waals surface area contributed by atoms with Crippen molar-refractivity contribution >= 4 is 65.8 Å². The fraction of sp³-hybridized carbons (Fsp3) is 0.364. The van der Waals surface area contributed by atoms with E-state index in [9.17, 15) is 13.2 Å². The van der Waals surface area contributed by atoms with Gasteiger partial charge in [-0.2, -0.15) is 0 Å². The third-order valence-electron chi connectivity index (χ3n) is 5.29. The van der Waals surface area contributed by atoms with Crippen LogP contribution in [0, 0.1) is 0 Å². The number of fused-ring (bicyclic) bond motifs is 1. The van der Waals surface area contributed by atoms with Crippen LogP contribution in [-0.4, -0.2) is 62.4 Å². The summed E-state index contributed by atoms with van der Waals surface area (Å²) in [5, 5.41) is 1.54. The molecule has 0 saturated carbocycles. The molecule has 1 saturated heterocycles. The first-order chi connectivity index (χ1) is 15.3. The molecule has 10 heteroatoms. The van der Waals surface area contributed by atoms with Crippen LogP contribution in [0.15, 0.2) is 52.3 Å². The maximum atomic E-state index is 12.6. The highest BCUT2D eigenvalue weighted by molar-refractivity contribution is 7.99. The first kappa shape index (κ1) is 23.4. The van der Waals surface area contributed by atoms with E-state index >= 15 is 0 Å². The highest BCUT2D eigenvalue weighted by Crippen LogP contribution is 2.33. The predicted octanol–water partition coefficient (Wildman–Crippen LogP) is 4.57. The van der Waals surface area contributed by atoms with Crippen molar-refractivity contribution in [1.29, 1.82) is 0 Å². The van der Waals surface area contributed by atoms with E-state index in [1.807, 2.05) is 35.2 Å². The minimum atomic E-state index is -3.33. The number of sulfone groups is 1. The van der Waals surface area contributed by atoms with Gasteiger partial charge in [0.2, 0.25) is 5.91 Å². The molecular weight excluding hydrogens is 486 g/mol. The van der Waals surface area contributed by atoms with E-state index in [0.29, 0.717) is 38.1 Å². The molecule has 32 heavy (non-hydrogen) atoms. The second-order valence-corrected chi connectivity index (χ2v) is 12.2. The summed E-state index contributed by atoms with van der Waals surface area (Å²) in [5.41, 5.74) is 0.534. The number of carbonyl (C=O) groups excluding carboxylic acids is 1. The number of hydrogen-bond donors (Lipinski definition) is 0. The number of thiazole rings is 1. The molecule has 0 N–H and O–H groups in total. The van der Waals surface area contributed by atoms with Gasteiger partial charge in [0.1, 0.15) is 5.52 Å². The Hall–Kier alpha value is -1.81. The third-order valence-corrected chi connectivity index (χ3v) is 8.85. The molecule has 0 aliphatic carbocycles. The Bertz CT molecular complexity index is 1200. The molecule has 1 fully saturated rings. The molecule has 0 unspecified atom stereocenters. The Balaban J connectivity index is 1.28. The molecule has 1 aliphatic heterocycles. The lowest BCUT2D eigenvalue weighted by molar-refractivity contribution is -0.131. The van der Waals surface area contributed by atoms with Crippen molar-refractivity contribution in [2.75, 3.05) is 43.1 Å². The van der Waals surface area contributed by atoms with Crippen molar-refractivity contribution < 1.29 is 13.2 Å². The molecule has 1 aromatic heterocycles. The molecule has 0 bridgehead atoms. The van der Waals surface area contributed by atoms with Crippen molar-refractivity contribution in [3.8, 4) is 0 Å². The molecule has 2 heterocycles. The van der Waals surface area contributed by atoms with Crippen LogP contribution in [0.4, 0.5) is 5.13 Å². The van der Waals surface area contributed by atoms with Crippen molar-refractivity contribution in [1.82, 2.24) is 9.88 Å². The number of nitrogens with zero attached hydrogens (tertiary/aromatic N) is 3. The number of carbonyl (C=O) groups is 1. The Morgan fingerprint density at radius 3 is 2.53 bits per heavy atom. The average Bonchev–Trinajstić information content (AvgIpc) is 3.21. The fourth-order valence-corrected chi connectivity index (χ4v) is 6.52. The Kier molecular flexibility index (Phi) is 7.29. The van der Waals surface area contributed by atoms with E-state index in [4.69, 9.17) is 11.6 Å². The van der Waals surface area contributed by atoms with Crippen molar-refractivity contribution in [3.05, 3.63) is 47.5 Å². The third kappa shape index (κ3) is 5.57. The van der Waals surface area contributed by atoms with Gasteiger partial charge in [0.15, 0.2) is 15.0 Å². The van der Waals surface area contributed by atoms with Gasteiger partial charge in [-0.05, 0) is 48.6 Å². The van der Waals surface area contributed by atoms with E-state index in [0.717, 1.165) is 31.9 Å². The monoisotopic (exact) mass is 509 g/mol. The largest absolute Gasteiger partial charge is 0.345 e. The normalized spacial score (nSPS) is 14.8. The highest BCUT2D eigenvalue weighted by atomic mass is 35.5. The van der Waals surface area contributed by atoms with Crippen LogP contribution in [0.2, 0.25) is 5.02 Å². The number of piperazine rings is 1. The summed E-state index contributed by atoms with van der Waals surface area (Å²) in [6.45, 7) is 2.69. The van der Waals surface area contributed by atoms with Crippen LogP contribution in [0.1, 0.15) is 12.8 Å². The van der Waals surface area contributed by atoms with Crippen LogP contribution < -0.4 is 4.90 Å². The maximum absolute atomic E-state index is 12.6. The number of hydrogen-bond acceptors (Lipinski definition) is 7. The van der Waals surface area contributed by atoms with E-state index in [2.05, 4.69) is 9.88 Å². The van der Waals surface area contributed by atoms with Crippen molar-refractivity contribution in [2.45, 2.75) is 22.6 Å². The smallest absolute Gasteiger partial charge is 0.222 e. The lowest BCUT2D eigenvalue weighted by Gasteiger charge is -2.34. The Morgan fingerprint density at radius 2 is 1.84 bits per heavy atom. The predicted molar refractivity (Wildman–Crippen MR) is 133 cm³/mol. The van der Waals surface area contributed by atoms with Gasteiger partial charge in [0.25, 0.3) is 0 Å². The number of rotatable bonds is 7. The van der Waals surface area contributed by atoms with Crippen molar-refractivity contribution in [3.63, 3.8) is 0 Å². The van der Waals surface area contributed by atoms with Crippen LogP contribution in [0.3, 0.4) is 0 Å². The van der Waals surface area contributed by atoms with Crippen LogP contribution in [-0.2, 0) is 14.6 Å². The van der Waals surface area contributed by atoms with Gasteiger partial charge >= 0.3 is 0 Å². The standard InChI is InChI=1S/C22H24ClN3O3S3/c1-32(28,29)19-5-2-4-18-21(19)24-22(31-18)26-13-11-25(12-14-26)20(27)6-3-15-30-17-9-7-16(23)8-10-17/h2,4-5,7-10H,3,6,11-15H2,1H3. The maximum Gasteiger partial charge on any atom is 0.222 e. The van der Waals surface area contributed by atoms with E-state index in [-0.39, 0.29) is 10.8 Å².